The molecule has 0 fully saturated rings. The number of nitro benzene ring substituents is 1. The van der Waals surface area contributed by atoms with Crippen LogP contribution in [0.5, 0.6) is 11.5 Å². The van der Waals surface area contributed by atoms with Gasteiger partial charge in [0.05, 0.1) is 35.7 Å². The van der Waals surface area contributed by atoms with Gasteiger partial charge in [-0.05, 0) is 42.7 Å². The zero-order chi connectivity index (χ0) is 18.9. The van der Waals surface area contributed by atoms with E-state index in [1.165, 1.54) is 45.4 Å². The Kier molecular flexibility index (Phi) is 5.00. The van der Waals surface area contributed by atoms with Crippen LogP contribution in [0.3, 0.4) is 0 Å². The Morgan fingerprint density at radius 1 is 1.08 bits per heavy atom. The smallest absolute Gasteiger partial charge is 0.294 e. The van der Waals surface area contributed by atoms with Gasteiger partial charge in [-0.2, -0.15) is 8.42 Å². The van der Waals surface area contributed by atoms with E-state index in [0.717, 1.165) is 0 Å². The highest BCUT2D eigenvalue weighted by molar-refractivity contribution is 7.85. The van der Waals surface area contributed by atoms with E-state index in [1.54, 1.807) is 6.92 Å². The Morgan fingerprint density at radius 3 is 2.12 bits per heavy atom. The molecule has 8 nitrogen and oxygen atoms in total. The van der Waals surface area contributed by atoms with Gasteiger partial charge in [-0.1, -0.05) is 6.07 Å². The van der Waals surface area contributed by atoms with Crippen LogP contribution in [0.4, 0.5) is 5.69 Å². The minimum Gasteiger partial charge on any atom is -0.493 e. The maximum Gasteiger partial charge on any atom is 0.294 e. The number of rotatable bonds is 5. The van der Waals surface area contributed by atoms with E-state index < -0.39 is 15.0 Å². The second-order valence-corrected chi connectivity index (χ2v) is 6.73. The standard InChI is InChI=1S/C16H17NO7S/c1-9-5-6-15(25(20,21)22)10(2)16(9)11-7-13(23-3)14(24-4)8-12(11)17(18)19/h5-8H,1-4H3,(H,20,21,22). The summed E-state index contributed by atoms with van der Waals surface area (Å²) in [5.74, 6) is 0.443. The van der Waals surface area contributed by atoms with Crippen LogP contribution in [0, 0.1) is 24.0 Å². The summed E-state index contributed by atoms with van der Waals surface area (Å²) < 4.78 is 42.8. The second kappa shape index (κ2) is 6.69. The van der Waals surface area contributed by atoms with Gasteiger partial charge >= 0.3 is 0 Å². The van der Waals surface area contributed by atoms with Crippen LogP contribution in [0.15, 0.2) is 29.2 Å². The van der Waals surface area contributed by atoms with Crippen LogP contribution in [-0.2, 0) is 10.1 Å². The summed E-state index contributed by atoms with van der Waals surface area (Å²) in [6.45, 7) is 3.17. The van der Waals surface area contributed by atoms with Crippen molar-refractivity contribution in [2.75, 3.05) is 14.2 Å². The number of nitrogens with zero attached hydrogens (tertiary/aromatic N) is 1. The highest BCUT2D eigenvalue weighted by atomic mass is 32.2. The van der Waals surface area contributed by atoms with Crippen LogP contribution in [-0.4, -0.2) is 32.1 Å². The normalized spacial score (nSPS) is 11.2. The molecule has 0 saturated heterocycles. The fourth-order valence-electron chi connectivity index (χ4n) is 2.74. The Balaban J connectivity index is 2.93. The Bertz CT molecular complexity index is 951. The molecule has 0 aliphatic heterocycles. The van der Waals surface area contributed by atoms with Crippen LogP contribution in [0.2, 0.25) is 0 Å². The molecule has 0 saturated carbocycles. The molecule has 1 N–H and O–H groups in total. The SMILES string of the molecule is COc1cc(-c2c(C)ccc(S(=O)(=O)O)c2C)c([N+](=O)[O-])cc1OC. The lowest BCUT2D eigenvalue weighted by atomic mass is 9.94. The molecule has 134 valence electrons. The quantitative estimate of drug-likeness (QED) is 0.490. The van der Waals surface area contributed by atoms with Crippen molar-refractivity contribution in [3.05, 3.63) is 45.5 Å². The average Bonchev–Trinajstić information content (AvgIpc) is 2.52. The van der Waals surface area contributed by atoms with Gasteiger partial charge in [-0.3, -0.25) is 14.7 Å². The largest absolute Gasteiger partial charge is 0.493 e. The Morgan fingerprint density at radius 2 is 1.64 bits per heavy atom. The summed E-state index contributed by atoms with van der Waals surface area (Å²) >= 11 is 0. The highest BCUT2D eigenvalue weighted by Crippen LogP contribution is 2.43. The number of hydrogen-bond acceptors (Lipinski definition) is 6. The molecule has 0 bridgehead atoms. The first-order valence-electron chi connectivity index (χ1n) is 7.10. The number of hydrogen-bond donors (Lipinski definition) is 1. The van der Waals surface area contributed by atoms with E-state index in [1.807, 2.05) is 0 Å². The van der Waals surface area contributed by atoms with Crippen molar-refractivity contribution in [1.29, 1.82) is 0 Å². The maximum atomic E-state index is 11.6. The third-order valence-corrected chi connectivity index (χ3v) is 4.87. The van der Waals surface area contributed by atoms with Crippen LogP contribution in [0.1, 0.15) is 11.1 Å². The Labute approximate surface area is 144 Å². The molecule has 0 aliphatic carbocycles. The molecule has 0 aliphatic rings. The van der Waals surface area contributed by atoms with Gasteiger partial charge < -0.3 is 9.47 Å². The molecule has 2 rings (SSSR count). The molecule has 0 atom stereocenters. The molecule has 0 radical (unpaired) electrons. The summed E-state index contributed by atoms with van der Waals surface area (Å²) in [5.41, 5.74) is 1.06. The van der Waals surface area contributed by atoms with Crippen molar-refractivity contribution < 1.29 is 27.4 Å². The Hall–Kier alpha value is -2.65. The number of methoxy groups -OCH3 is 2. The van der Waals surface area contributed by atoms with Crippen molar-refractivity contribution in [3.8, 4) is 22.6 Å². The summed E-state index contributed by atoms with van der Waals surface area (Å²) in [5, 5.41) is 11.5. The molecular formula is C16H17NO7S. The summed E-state index contributed by atoms with van der Waals surface area (Å²) in [6.07, 6.45) is 0. The fraction of sp³-hybridized carbons (Fsp3) is 0.250. The lowest BCUT2D eigenvalue weighted by molar-refractivity contribution is -0.384. The van der Waals surface area contributed by atoms with Crippen LogP contribution < -0.4 is 9.47 Å². The first kappa shape index (κ1) is 18.7. The first-order valence-corrected chi connectivity index (χ1v) is 8.54. The van der Waals surface area contributed by atoms with Crippen molar-refractivity contribution >= 4 is 15.8 Å². The van der Waals surface area contributed by atoms with E-state index in [0.29, 0.717) is 11.1 Å². The topological polar surface area (TPSA) is 116 Å². The van der Waals surface area contributed by atoms with Crippen molar-refractivity contribution in [3.63, 3.8) is 0 Å². The van der Waals surface area contributed by atoms with E-state index in [4.69, 9.17) is 9.47 Å². The minimum atomic E-state index is -4.47. The third-order valence-electron chi connectivity index (χ3n) is 3.87. The molecule has 9 heteroatoms. The second-order valence-electron chi connectivity index (χ2n) is 5.34. The van der Waals surface area contributed by atoms with Gasteiger partial charge in [0.1, 0.15) is 0 Å². The molecule has 0 spiro atoms. The first-order chi connectivity index (χ1) is 11.6. The predicted molar refractivity (Wildman–Crippen MR) is 90.9 cm³/mol. The predicted octanol–water partition coefficient (Wildman–Crippen LogP) is 3.14. The monoisotopic (exact) mass is 367 g/mol. The molecule has 0 heterocycles. The lowest BCUT2D eigenvalue weighted by Crippen LogP contribution is -2.04. The van der Waals surface area contributed by atoms with E-state index in [9.17, 15) is 23.1 Å². The van der Waals surface area contributed by atoms with Gasteiger partial charge in [0, 0.05) is 0 Å². The van der Waals surface area contributed by atoms with E-state index in [-0.39, 0.29) is 33.2 Å². The van der Waals surface area contributed by atoms with Gasteiger partial charge in [-0.25, -0.2) is 0 Å². The summed E-state index contributed by atoms with van der Waals surface area (Å²) in [4.78, 5) is 10.6. The van der Waals surface area contributed by atoms with Gasteiger partial charge in [0.15, 0.2) is 11.5 Å². The number of benzene rings is 2. The minimum absolute atomic E-state index is 0.170. The molecule has 2 aromatic rings. The lowest BCUT2D eigenvalue weighted by Gasteiger charge is -2.15. The number of ether oxygens (including phenoxy) is 2. The third kappa shape index (κ3) is 3.42. The molecule has 0 unspecified atom stereocenters. The zero-order valence-corrected chi connectivity index (χ0v) is 14.9. The summed E-state index contributed by atoms with van der Waals surface area (Å²) in [6, 6.07) is 5.37. The van der Waals surface area contributed by atoms with Crippen molar-refractivity contribution in [1.82, 2.24) is 0 Å². The average molecular weight is 367 g/mol. The molecule has 0 aromatic heterocycles. The van der Waals surface area contributed by atoms with Gasteiger partial charge in [-0.15, -0.1) is 0 Å². The van der Waals surface area contributed by atoms with E-state index in [2.05, 4.69) is 0 Å². The van der Waals surface area contributed by atoms with Crippen molar-refractivity contribution in [2.45, 2.75) is 18.7 Å². The number of aryl methyl sites for hydroxylation is 1. The molecule has 25 heavy (non-hydrogen) atoms. The van der Waals surface area contributed by atoms with E-state index >= 15 is 0 Å². The molecule has 2 aromatic carbocycles. The van der Waals surface area contributed by atoms with Gasteiger partial charge in [0.25, 0.3) is 15.8 Å². The van der Waals surface area contributed by atoms with Crippen molar-refractivity contribution in [2.24, 2.45) is 0 Å². The summed E-state index contributed by atoms with van der Waals surface area (Å²) in [7, 11) is -1.72. The molecule has 0 amide bonds. The highest BCUT2D eigenvalue weighted by Gasteiger charge is 2.25. The molecular weight excluding hydrogens is 350 g/mol. The van der Waals surface area contributed by atoms with Crippen LogP contribution >= 0.6 is 0 Å². The number of nitro groups is 1. The van der Waals surface area contributed by atoms with Gasteiger partial charge in [0.2, 0.25) is 0 Å². The fourth-order valence-corrected chi connectivity index (χ4v) is 3.47. The maximum absolute atomic E-state index is 11.6. The zero-order valence-electron chi connectivity index (χ0n) is 14.1. The van der Waals surface area contributed by atoms with Crippen LogP contribution in [0.25, 0.3) is 11.1 Å².